The summed E-state index contributed by atoms with van der Waals surface area (Å²) >= 11 is 0. The van der Waals surface area contributed by atoms with Crippen LogP contribution in [-0.2, 0) is 0 Å². The molecule has 0 aliphatic carbocycles. The summed E-state index contributed by atoms with van der Waals surface area (Å²) in [4.78, 5) is 10.4. The highest BCUT2D eigenvalue weighted by molar-refractivity contribution is 5.49. The van der Waals surface area contributed by atoms with Crippen LogP contribution in [0, 0.1) is 35.3 Å². The van der Waals surface area contributed by atoms with Gasteiger partial charge in [-0.3, -0.25) is 15.4 Å². The van der Waals surface area contributed by atoms with Crippen LogP contribution in [0.4, 0.5) is 5.69 Å². The number of nitro groups is 1. The molecule has 0 aliphatic heterocycles. The Balaban J connectivity index is 2.76. The number of aryl methyl sites for hydroxylation is 2. The first-order valence-electron chi connectivity index (χ1n) is 6.51. The molecule has 0 aromatic heterocycles. The van der Waals surface area contributed by atoms with Crippen LogP contribution in [0.15, 0.2) is 12.1 Å². The summed E-state index contributed by atoms with van der Waals surface area (Å²) in [6.45, 7) is 6.41. The predicted octanol–water partition coefficient (Wildman–Crippen LogP) is 2.48. The third-order valence-corrected chi connectivity index (χ3v) is 2.89. The Bertz CT molecular complexity index is 523. The van der Waals surface area contributed by atoms with Crippen LogP contribution in [0.3, 0.4) is 0 Å². The number of nitrogens with one attached hydrogen (secondary N) is 1. The van der Waals surface area contributed by atoms with Crippen molar-refractivity contribution in [3.63, 3.8) is 0 Å². The molecule has 1 rings (SSSR count). The van der Waals surface area contributed by atoms with Crippen LogP contribution < -0.4 is 10.1 Å². The van der Waals surface area contributed by atoms with Gasteiger partial charge in [-0.2, -0.15) is 5.26 Å². The van der Waals surface area contributed by atoms with Crippen molar-refractivity contribution in [1.29, 1.82) is 5.26 Å². The lowest BCUT2D eigenvalue weighted by atomic mass is 10.1. The molecule has 0 radical (unpaired) electrons. The maximum atomic E-state index is 10.8. The molecule has 0 aliphatic rings. The fourth-order valence-corrected chi connectivity index (χ4v) is 1.76. The highest BCUT2D eigenvalue weighted by atomic mass is 16.6. The molecule has 0 amide bonds. The van der Waals surface area contributed by atoms with Gasteiger partial charge in [0.25, 0.3) is 5.69 Å². The maximum absolute atomic E-state index is 10.8. The molecule has 1 aromatic rings. The van der Waals surface area contributed by atoms with Crippen molar-refractivity contribution in [3.05, 3.63) is 33.4 Å². The number of rotatable bonds is 7. The number of hydrogen-bond donors (Lipinski definition) is 1. The Labute approximate surface area is 118 Å². The number of nitrogens with zero attached hydrogens (tertiary/aromatic N) is 2. The molecule has 1 aromatic carbocycles. The van der Waals surface area contributed by atoms with Gasteiger partial charge >= 0.3 is 0 Å². The number of nitriles is 1. The third kappa shape index (κ3) is 4.21. The van der Waals surface area contributed by atoms with Crippen molar-refractivity contribution >= 4 is 5.69 Å². The highest BCUT2D eigenvalue weighted by Crippen LogP contribution is 2.27. The zero-order valence-electron chi connectivity index (χ0n) is 12.0. The Hall–Kier alpha value is -2.13. The van der Waals surface area contributed by atoms with Gasteiger partial charge < -0.3 is 4.74 Å². The van der Waals surface area contributed by atoms with Gasteiger partial charge in [0.15, 0.2) is 0 Å². The second kappa shape index (κ2) is 7.46. The molecule has 1 unspecified atom stereocenters. The van der Waals surface area contributed by atoms with Crippen molar-refractivity contribution in [2.45, 2.75) is 33.2 Å². The molecule has 0 saturated heterocycles. The van der Waals surface area contributed by atoms with Crippen molar-refractivity contribution in [3.8, 4) is 11.8 Å². The maximum Gasteiger partial charge on any atom is 0.272 e. The summed E-state index contributed by atoms with van der Waals surface area (Å²) < 4.78 is 5.59. The van der Waals surface area contributed by atoms with E-state index in [2.05, 4.69) is 11.4 Å². The van der Waals surface area contributed by atoms with E-state index >= 15 is 0 Å². The minimum atomic E-state index is -0.410. The second-order valence-corrected chi connectivity index (χ2v) is 4.61. The molecule has 0 saturated carbocycles. The first-order chi connectivity index (χ1) is 9.49. The number of ether oxygens (including phenoxy) is 1. The van der Waals surface area contributed by atoms with Gasteiger partial charge in [-0.05, 0) is 38.4 Å². The highest BCUT2D eigenvalue weighted by Gasteiger charge is 2.15. The summed E-state index contributed by atoms with van der Waals surface area (Å²) in [5, 5.41) is 22.9. The van der Waals surface area contributed by atoms with E-state index in [1.807, 2.05) is 6.92 Å². The van der Waals surface area contributed by atoms with E-state index in [9.17, 15) is 10.1 Å². The van der Waals surface area contributed by atoms with Gasteiger partial charge in [0, 0.05) is 11.6 Å². The minimum Gasteiger partial charge on any atom is -0.491 e. The van der Waals surface area contributed by atoms with Crippen molar-refractivity contribution in [2.75, 3.05) is 13.2 Å². The van der Waals surface area contributed by atoms with E-state index in [1.54, 1.807) is 19.9 Å². The first-order valence-corrected chi connectivity index (χ1v) is 6.51. The quantitative estimate of drug-likeness (QED) is 0.611. The summed E-state index contributed by atoms with van der Waals surface area (Å²) in [7, 11) is 0. The molecule has 6 heteroatoms. The van der Waals surface area contributed by atoms with E-state index in [0.29, 0.717) is 16.9 Å². The van der Waals surface area contributed by atoms with Crippen LogP contribution in [0.5, 0.6) is 5.75 Å². The summed E-state index contributed by atoms with van der Waals surface area (Å²) in [6.07, 6.45) is 0.938. The summed E-state index contributed by atoms with van der Waals surface area (Å²) in [5.41, 5.74) is 1.32. The Morgan fingerprint density at radius 2 is 2.15 bits per heavy atom. The van der Waals surface area contributed by atoms with Gasteiger partial charge in [-0.25, -0.2) is 0 Å². The fraction of sp³-hybridized carbons (Fsp3) is 0.500. The molecule has 0 bridgehead atoms. The standard InChI is InChI=1S/C14H19N3O3/c1-4-5-16-12(8-15)9-20-14-7-10(2)13(17(18)19)6-11(14)3/h6-7,12,16H,4-5,9H2,1-3H3. The van der Waals surface area contributed by atoms with E-state index in [-0.39, 0.29) is 18.3 Å². The van der Waals surface area contributed by atoms with E-state index in [1.165, 1.54) is 6.07 Å². The average Bonchev–Trinajstić information content (AvgIpc) is 2.41. The SMILES string of the molecule is CCCNC(C#N)COc1cc(C)c([N+](=O)[O-])cc1C. The normalized spacial score (nSPS) is 11.7. The topological polar surface area (TPSA) is 88.2 Å². The average molecular weight is 277 g/mol. The van der Waals surface area contributed by atoms with Crippen LogP contribution >= 0.6 is 0 Å². The smallest absolute Gasteiger partial charge is 0.272 e. The molecular weight excluding hydrogens is 258 g/mol. The van der Waals surface area contributed by atoms with Crippen LogP contribution in [0.2, 0.25) is 0 Å². The predicted molar refractivity (Wildman–Crippen MR) is 75.8 cm³/mol. The lowest BCUT2D eigenvalue weighted by molar-refractivity contribution is -0.385. The molecule has 1 N–H and O–H groups in total. The van der Waals surface area contributed by atoms with Gasteiger partial charge in [0.1, 0.15) is 18.4 Å². The number of hydrogen-bond acceptors (Lipinski definition) is 5. The molecule has 6 nitrogen and oxygen atoms in total. The fourth-order valence-electron chi connectivity index (χ4n) is 1.76. The Morgan fingerprint density at radius 1 is 1.45 bits per heavy atom. The van der Waals surface area contributed by atoms with E-state index in [4.69, 9.17) is 10.00 Å². The number of nitro benzene ring substituents is 1. The van der Waals surface area contributed by atoms with Crippen LogP contribution in [0.1, 0.15) is 24.5 Å². The molecule has 0 spiro atoms. The largest absolute Gasteiger partial charge is 0.491 e. The van der Waals surface area contributed by atoms with Gasteiger partial charge in [0.05, 0.1) is 11.0 Å². The first kappa shape index (κ1) is 15.9. The molecular formula is C14H19N3O3. The van der Waals surface area contributed by atoms with Gasteiger partial charge in [-0.1, -0.05) is 6.92 Å². The summed E-state index contributed by atoms with van der Waals surface area (Å²) in [6, 6.07) is 4.87. The van der Waals surface area contributed by atoms with Crippen LogP contribution in [-0.4, -0.2) is 24.1 Å². The minimum absolute atomic E-state index is 0.0794. The Morgan fingerprint density at radius 3 is 2.70 bits per heavy atom. The van der Waals surface area contributed by atoms with Crippen molar-refractivity contribution in [2.24, 2.45) is 0 Å². The third-order valence-electron chi connectivity index (χ3n) is 2.89. The molecule has 1 atom stereocenters. The zero-order valence-corrected chi connectivity index (χ0v) is 12.0. The zero-order chi connectivity index (χ0) is 15.1. The van der Waals surface area contributed by atoms with Gasteiger partial charge in [-0.15, -0.1) is 0 Å². The second-order valence-electron chi connectivity index (χ2n) is 4.61. The Kier molecular flexibility index (Phi) is 5.94. The molecule has 20 heavy (non-hydrogen) atoms. The van der Waals surface area contributed by atoms with E-state index < -0.39 is 4.92 Å². The molecule has 0 fully saturated rings. The monoisotopic (exact) mass is 277 g/mol. The molecule has 108 valence electrons. The molecule has 0 heterocycles. The number of benzene rings is 1. The van der Waals surface area contributed by atoms with Gasteiger partial charge in [0.2, 0.25) is 0 Å². The van der Waals surface area contributed by atoms with E-state index in [0.717, 1.165) is 13.0 Å². The van der Waals surface area contributed by atoms with Crippen molar-refractivity contribution < 1.29 is 9.66 Å². The lowest BCUT2D eigenvalue weighted by Crippen LogP contribution is -2.33. The van der Waals surface area contributed by atoms with Crippen LogP contribution in [0.25, 0.3) is 0 Å². The summed E-state index contributed by atoms with van der Waals surface area (Å²) in [5.74, 6) is 0.576. The lowest BCUT2D eigenvalue weighted by Gasteiger charge is -2.14. The van der Waals surface area contributed by atoms with Crippen molar-refractivity contribution in [1.82, 2.24) is 5.32 Å².